The van der Waals surface area contributed by atoms with Crippen LogP contribution in [0.15, 0.2) is 58.3 Å². The van der Waals surface area contributed by atoms with Gasteiger partial charge in [0.05, 0.1) is 12.2 Å². The van der Waals surface area contributed by atoms with E-state index in [1.54, 1.807) is 24.3 Å². The molecule has 0 aromatic heterocycles. The van der Waals surface area contributed by atoms with Gasteiger partial charge in [-0.15, -0.1) is 0 Å². The molecule has 1 aliphatic heterocycles. The molecule has 128 valence electrons. The van der Waals surface area contributed by atoms with Gasteiger partial charge in [-0.2, -0.15) is 0 Å². The van der Waals surface area contributed by atoms with Gasteiger partial charge in [0, 0.05) is 14.8 Å². The lowest BCUT2D eigenvalue weighted by Gasteiger charge is -2.14. The molecule has 1 heterocycles. The summed E-state index contributed by atoms with van der Waals surface area (Å²) in [5.41, 5.74) is 0.611. The summed E-state index contributed by atoms with van der Waals surface area (Å²) in [6, 6.07) is 14.1. The second-order valence-corrected chi connectivity index (χ2v) is 6.79. The highest BCUT2D eigenvalue weighted by Gasteiger charge is 2.30. The Morgan fingerprint density at radius 2 is 1.88 bits per heavy atom. The molecule has 0 saturated carbocycles. The van der Waals surface area contributed by atoms with Crippen molar-refractivity contribution in [3.8, 4) is 0 Å². The van der Waals surface area contributed by atoms with E-state index >= 15 is 0 Å². The van der Waals surface area contributed by atoms with E-state index < -0.39 is 17.8 Å². The number of benzene rings is 2. The van der Waals surface area contributed by atoms with Gasteiger partial charge in [-0.1, -0.05) is 35.5 Å². The van der Waals surface area contributed by atoms with Gasteiger partial charge in [0.25, 0.3) is 5.91 Å². The van der Waals surface area contributed by atoms with E-state index in [9.17, 15) is 14.4 Å². The van der Waals surface area contributed by atoms with E-state index in [-0.39, 0.29) is 13.1 Å². The van der Waals surface area contributed by atoms with Crippen molar-refractivity contribution in [1.82, 2.24) is 10.2 Å². The summed E-state index contributed by atoms with van der Waals surface area (Å²) in [5.74, 6) is -0.849. The minimum absolute atomic E-state index is 0.0743. The van der Waals surface area contributed by atoms with Crippen LogP contribution in [0.3, 0.4) is 0 Å². The van der Waals surface area contributed by atoms with Crippen LogP contribution in [0.2, 0.25) is 5.02 Å². The van der Waals surface area contributed by atoms with Gasteiger partial charge >= 0.3 is 6.03 Å². The number of anilines is 1. The van der Waals surface area contributed by atoms with Crippen LogP contribution >= 0.6 is 23.4 Å². The van der Waals surface area contributed by atoms with Crippen molar-refractivity contribution in [2.45, 2.75) is 9.79 Å². The number of carbonyl (C=O) groups is 3. The van der Waals surface area contributed by atoms with Gasteiger partial charge in [0.15, 0.2) is 0 Å². The third-order valence-corrected chi connectivity index (χ3v) is 4.78. The molecule has 25 heavy (non-hydrogen) atoms. The molecule has 3 rings (SSSR count). The summed E-state index contributed by atoms with van der Waals surface area (Å²) in [7, 11) is 0. The Bertz CT molecular complexity index is 810. The third-order valence-electron chi connectivity index (χ3n) is 3.44. The predicted octanol–water partition coefficient (Wildman–Crippen LogP) is 2.98. The smallest absolute Gasteiger partial charge is 0.325 e. The van der Waals surface area contributed by atoms with Crippen molar-refractivity contribution in [2.75, 3.05) is 18.4 Å². The van der Waals surface area contributed by atoms with Gasteiger partial charge in [-0.3, -0.25) is 14.5 Å². The van der Waals surface area contributed by atoms with E-state index in [1.807, 2.05) is 24.3 Å². The van der Waals surface area contributed by atoms with Gasteiger partial charge in [-0.05, 0) is 36.4 Å². The molecule has 0 spiro atoms. The topological polar surface area (TPSA) is 78.5 Å². The number of carbonyl (C=O) groups excluding carboxylic acids is 3. The molecule has 6 nitrogen and oxygen atoms in total. The molecule has 0 unspecified atom stereocenters. The number of para-hydroxylation sites is 1. The molecule has 0 aliphatic carbocycles. The normalized spacial score (nSPS) is 13.7. The van der Waals surface area contributed by atoms with E-state index in [0.29, 0.717) is 10.7 Å². The lowest BCUT2D eigenvalue weighted by molar-refractivity contribution is -0.128. The molecule has 1 aliphatic rings. The standard InChI is InChI=1S/C17H14ClN3O3S/c18-11-5-7-12(8-6-11)25-14-4-2-1-3-13(14)20-15(22)10-21-16(23)9-19-17(21)24/h1-8H,9-10H2,(H,19,24)(H,20,22). The lowest BCUT2D eigenvalue weighted by Crippen LogP contribution is -2.38. The number of rotatable bonds is 5. The predicted molar refractivity (Wildman–Crippen MR) is 95.8 cm³/mol. The zero-order valence-electron chi connectivity index (χ0n) is 13.0. The van der Waals surface area contributed by atoms with Gasteiger partial charge in [0.1, 0.15) is 6.54 Å². The van der Waals surface area contributed by atoms with Gasteiger partial charge < -0.3 is 10.6 Å². The summed E-state index contributed by atoms with van der Waals surface area (Å²) in [5, 5.41) is 5.78. The Labute approximate surface area is 153 Å². The molecular formula is C17H14ClN3O3S. The van der Waals surface area contributed by atoms with Crippen molar-refractivity contribution in [2.24, 2.45) is 0 Å². The number of nitrogens with zero attached hydrogens (tertiary/aromatic N) is 1. The molecule has 1 fully saturated rings. The SMILES string of the molecule is O=C(CN1C(=O)CNC1=O)Nc1ccccc1Sc1ccc(Cl)cc1. The van der Waals surface area contributed by atoms with Crippen molar-refractivity contribution in [3.05, 3.63) is 53.6 Å². The monoisotopic (exact) mass is 375 g/mol. The maximum absolute atomic E-state index is 12.2. The number of hydrogen-bond donors (Lipinski definition) is 2. The third kappa shape index (κ3) is 4.32. The molecule has 1 saturated heterocycles. The molecule has 4 amide bonds. The minimum Gasteiger partial charge on any atom is -0.329 e. The van der Waals surface area contributed by atoms with E-state index in [4.69, 9.17) is 11.6 Å². The molecule has 2 aromatic carbocycles. The highest BCUT2D eigenvalue weighted by atomic mass is 35.5. The first-order chi connectivity index (χ1) is 12.0. The molecule has 8 heteroatoms. The van der Waals surface area contributed by atoms with Gasteiger partial charge in [0.2, 0.25) is 5.91 Å². The van der Waals surface area contributed by atoms with Crippen LogP contribution in [0.4, 0.5) is 10.5 Å². The van der Waals surface area contributed by atoms with Crippen LogP contribution in [0.25, 0.3) is 0 Å². The second kappa shape index (κ2) is 7.58. The zero-order valence-corrected chi connectivity index (χ0v) is 14.6. The average Bonchev–Trinajstić information content (AvgIpc) is 2.90. The Morgan fingerprint density at radius 1 is 1.16 bits per heavy atom. The molecule has 2 N–H and O–H groups in total. The first-order valence-electron chi connectivity index (χ1n) is 7.43. The van der Waals surface area contributed by atoms with Crippen LogP contribution in [-0.4, -0.2) is 35.8 Å². The Morgan fingerprint density at radius 3 is 2.56 bits per heavy atom. The highest BCUT2D eigenvalue weighted by molar-refractivity contribution is 7.99. The van der Waals surface area contributed by atoms with Crippen LogP contribution in [0.1, 0.15) is 0 Å². The maximum Gasteiger partial charge on any atom is 0.325 e. The average molecular weight is 376 g/mol. The molecule has 2 aromatic rings. The summed E-state index contributed by atoms with van der Waals surface area (Å²) in [6.45, 7) is -0.389. The van der Waals surface area contributed by atoms with E-state index in [0.717, 1.165) is 14.7 Å². The number of imide groups is 1. The first-order valence-corrected chi connectivity index (χ1v) is 8.63. The van der Waals surface area contributed by atoms with Crippen LogP contribution in [0.5, 0.6) is 0 Å². The quantitative estimate of drug-likeness (QED) is 0.787. The Hall–Kier alpha value is -2.51. The summed E-state index contributed by atoms with van der Waals surface area (Å²) in [6.07, 6.45) is 0. The van der Waals surface area contributed by atoms with Crippen LogP contribution in [-0.2, 0) is 9.59 Å². The minimum atomic E-state index is -0.552. The zero-order chi connectivity index (χ0) is 17.8. The number of nitrogens with one attached hydrogen (secondary N) is 2. The molecule has 0 bridgehead atoms. The second-order valence-electron chi connectivity index (χ2n) is 5.24. The Balaban J connectivity index is 1.70. The summed E-state index contributed by atoms with van der Waals surface area (Å²) < 4.78 is 0. The largest absolute Gasteiger partial charge is 0.329 e. The van der Waals surface area contributed by atoms with Crippen molar-refractivity contribution in [1.29, 1.82) is 0 Å². The lowest BCUT2D eigenvalue weighted by atomic mass is 10.3. The fraction of sp³-hybridized carbons (Fsp3) is 0.118. The van der Waals surface area contributed by atoms with Crippen LogP contribution < -0.4 is 10.6 Å². The summed E-state index contributed by atoms with van der Waals surface area (Å²) in [4.78, 5) is 38.0. The van der Waals surface area contributed by atoms with Crippen LogP contribution in [0, 0.1) is 0 Å². The Kier molecular flexibility index (Phi) is 5.25. The molecule has 0 radical (unpaired) electrons. The van der Waals surface area contributed by atoms with Crippen molar-refractivity contribution < 1.29 is 14.4 Å². The number of urea groups is 1. The van der Waals surface area contributed by atoms with E-state index in [1.165, 1.54) is 11.8 Å². The first kappa shape index (κ1) is 17.3. The number of hydrogen-bond acceptors (Lipinski definition) is 4. The number of amides is 4. The van der Waals surface area contributed by atoms with Crippen molar-refractivity contribution in [3.63, 3.8) is 0 Å². The number of halogens is 1. The van der Waals surface area contributed by atoms with Gasteiger partial charge in [-0.25, -0.2) is 4.79 Å². The van der Waals surface area contributed by atoms with E-state index in [2.05, 4.69) is 10.6 Å². The fourth-order valence-electron chi connectivity index (χ4n) is 2.24. The molecular weight excluding hydrogens is 362 g/mol. The highest BCUT2D eigenvalue weighted by Crippen LogP contribution is 2.33. The van der Waals surface area contributed by atoms with Crippen molar-refractivity contribution >= 4 is 46.9 Å². The molecule has 0 atom stereocenters. The maximum atomic E-state index is 12.2. The summed E-state index contributed by atoms with van der Waals surface area (Å²) >= 11 is 7.36. The fourth-order valence-corrected chi connectivity index (χ4v) is 3.26.